The molecule has 0 atom stereocenters. The first-order valence-corrected chi connectivity index (χ1v) is 6.11. The van der Waals surface area contributed by atoms with Crippen LogP contribution in [-0.2, 0) is 0 Å². The van der Waals surface area contributed by atoms with Crippen molar-refractivity contribution in [3.63, 3.8) is 0 Å². The van der Waals surface area contributed by atoms with Gasteiger partial charge in [0.15, 0.2) is 0 Å². The zero-order valence-corrected chi connectivity index (χ0v) is 10.5. The molecule has 0 aliphatic rings. The molecule has 0 N–H and O–H groups in total. The highest BCUT2D eigenvalue weighted by atomic mass is 19.1. The number of aromatic nitrogens is 2. The summed E-state index contributed by atoms with van der Waals surface area (Å²) in [6.45, 7) is 1.87. The number of aryl methyl sites for hydroxylation is 1. The lowest BCUT2D eigenvalue weighted by Gasteiger charge is -2.03. The molecular weight excluding hydrogens is 239 g/mol. The van der Waals surface area contributed by atoms with Gasteiger partial charge in [0.05, 0.1) is 6.20 Å². The van der Waals surface area contributed by atoms with E-state index in [0.29, 0.717) is 5.69 Å². The van der Waals surface area contributed by atoms with E-state index >= 15 is 0 Å². The summed E-state index contributed by atoms with van der Waals surface area (Å²) in [4.78, 5) is 0. The van der Waals surface area contributed by atoms with Crippen LogP contribution in [0, 0.1) is 12.7 Å². The molecule has 3 rings (SSSR count). The predicted molar refractivity (Wildman–Crippen MR) is 73.7 cm³/mol. The Morgan fingerprint density at radius 3 is 2.53 bits per heavy atom. The standard InChI is InChI=1S/C16H13FN2/c1-12-7-8-16(15(17)9-12)19-11-14(10-18-19)13-5-3-2-4-6-13/h2-11H,1H3. The molecule has 2 nitrogen and oxygen atoms in total. The van der Waals surface area contributed by atoms with E-state index in [-0.39, 0.29) is 5.82 Å². The Bertz CT molecular complexity index is 702. The molecule has 1 heterocycles. The maximum Gasteiger partial charge on any atom is 0.149 e. The molecule has 3 aromatic rings. The highest BCUT2D eigenvalue weighted by Crippen LogP contribution is 2.21. The molecule has 0 bridgehead atoms. The van der Waals surface area contributed by atoms with Gasteiger partial charge in [0.25, 0.3) is 0 Å². The Balaban J connectivity index is 2.02. The quantitative estimate of drug-likeness (QED) is 0.674. The van der Waals surface area contributed by atoms with Crippen molar-refractivity contribution in [3.05, 3.63) is 72.3 Å². The number of rotatable bonds is 2. The highest BCUT2D eigenvalue weighted by Gasteiger charge is 2.07. The van der Waals surface area contributed by atoms with Gasteiger partial charge in [-0.1, -0.05) is 36.4 Å². The van der Waals surface area contributed by atoms with Crippen LogP contribution in [0.15, 0.2) is 60.9 Å². The molecule has 0 aliphatic heterocycles. The smallest absolute Gasteiger partial charge is 0.149 e. The third kappa shape index (κ3) is 2.27. The lowest BCUT2D eigenvalue weighted by Crippen LogP contribution is -1.98. The van der Waals surface area contributed by atoms with Gasteiger partial charge in [-0.25, -0.2) is 9.07 Å². The third-order valence-corrected chi connectivity index (χ3v) is 3.04. The average molecular weight is 252 g/mol. The van der Waals surface area contributed by atoms with E-state index in [9.17, 15) is 4.39 Å². The molecule has 0 fully saturated rings. The first-order valence-electron chi connectivity index (χ1n) is 6.11. The SMILES string of the molecule is Cc1ccc(-n2cc(-c3ccccc3)cn2)c(F)c1. The van der Waals surface area contributed by atoms with E-state index in [0.717, 1.165) is 16.7 Å². The minimum atomic E-state index is -0.261. The van der Waals surface area contributed by atoms with Crippen molar-refractivity contribution in [2.75, 3.05) is 0 Å². The average Bonchev–Trinajstić information content (AvgIpc) is 2.89. The summed E-state index contributed by atoms with van der Waals surface area (Å²) in [6, 6.07) is 15.1. The Labute approximate surface area is 111 Å². The lowest BCUT2D eigenvalue weighted by molar-refractivity contribution is 0.609. The molecule has 0 amide bonds. The minimum absolute atomic E-state index is 0.261. The largest absolute Gasteiger partial charge is 0.237 e. The minimum Gasteiger partial charge on any atom is -0.237 e. The molecular formula is C16H13FN2. The van der Waals surface area contributed by atoms with E-state index in [2.05, 4.69) is 5.10 Å². The molecule has 1 aromatic heterocycles. The maximum atomic E-state index is 13.9. The summed E-state index contributed by atoms with van der Waals surface area (Å²) in [7, 11) is 0. The van der Waals surface area contributed by atoms with Crippen LogP contribution >= 0.6 is 0 Å². The number of benzene rings is 2. The van der Waals surface area contributed by atoms with E-state index < -0.39 is 0 Å². The van der Waals surface area contributed by atoms with Crippen molar-refractivity contribution in [2.24, 2.45) is 0 Å². The van der Waals surface area contributed by atoms with Crippen molar-refractivity contribution in [1.82, 2.24) is 9.78 Å². The number of nitrogens with zero attached hydrogens (tertiary/aromatic N) is 2. The van der Waals surface area contributed by atoms with E-state index in [1.807, 2.05) is 49.5 Å². The van der Waals surface area contributed by atoms with Crippen molar-refractivity contribution < 1.29 is 4.39 Å². The number of hydrogen-bond donors (Lipinski definition) is 0. The molecule has 94 valence electrons. The normalized spacial score (nSPS) is 10.6. The number of hydrogen-bond acceptors (Lipinski definition) is 1. The lowest BCUT2D eigenvalue weighted by atomic mass is 10.1. The van der Waals surface area contributed by atoms with Crippen molar-refractivity contribution in [3.8, 4) is 16.8 Å². The van der Waals surface area contributed by atoms with E-state index in [1.54, 1.807) is 16.9 Å². The molecule has 0 radical (unpaired) electrons. The first kappa shape index (κ1) is 11.7. The van der Waals surface area contributed by atoms with Gasteiger partial charge >= 0.3 is 0 Å². The summed E-state index contributed by atoms with van der Waals surface area (Å²) < 4.78 is 15.5. The Hall–Kier alpha value is -2.42. The Morgan fingerprint density at radius 2 is 1.79 bits per heavy atom. The van der Waals surface area contributed by atoms with Gasteiger partial charge in [0, 0.05) is 11.8 Å². The van der Waals surface area contributed by atoms with Crippen molar-refractivity contribution in [2.45, 2.75) is 6.92 Å². The fourth-order valence-electron chi connectivity index (χ4n) is 2.03. The molecule has 0 spiro atoms. The van der Waals surface area contributed by atoms with Gasteiger partial charge < -0.3 is 0 Å². The molecule has 19 heavy (non-hydrogen) atoms. The van der Waals surface area contributed by atoms with Crippen LogP contribution in [0.1, 0.15) is 5.56 Å². The second-order valence-corrected chi connectivity index (χ2v) is 4.49. The van der Waals surface area contributed by atoms with Gasteiger partial charge in [-0.15, -0.1) is 0 Å². The monoisotopic (exact) mass is 252 g/mol. The zero-order valence-electron chi connectivity index (χ0n) is 10.5. The van der Waals surface area contributed by atoms with Crippen LogP contribution in [0.4, 0.5) is 4.39 Å². The molecule has 2 aromatic carbocycles. The summed E-state index contributed by atoms with van der Waals surface area (Å²) >= 11 is 0. The molecule has 3 heteroatoms. The van der Waals surface area contributed by atoms with Crippen LogP contribution in [0.5, 0.6) is 0 Å². The van der Waals surface area contributed by atoms with Gasteiger partial charge in [0.2, 0.25) is 0 Å². The Morgan fingerprint density at radius 1 is 1.00 bits per heavy atom. The first-order chi connectivity index (χ1) is 9.24. The van der Waals surface area contributed by atoms with E-state index in [1.165, 1.54) is 6.07 Å². The second-order valence-electron chi connectivity index (χ2n) is 4.49. The summed E-state index contributed by atoms with van der Waals surface area (Å²) in [6.07, 6.45) is 3.58. The van der Waals surface area contributed by atoms with E-state index in [4.69, 9.17) is 0 Å². The van der Waals surface area contributed by atoms with Gasteiger partial charge in [-0.2, -0.15) is 5.10 Å². The molecule has 0 saturated heterocycles. The van der Waals surface area contributed by atoms with Gasteiger partial charge in [-0.05, 0) is 30.2 Å². The van der Waals surface area contributed by atoms with Crippen LogP contribution in [0.3, 0.4) is 0 Å². The van der Waals surface area contributed by atoms with Gasteiger partial charge in [-0.3, -0.25) is 0 Å². The Kier molecular flexibility index (Phi) is 2.88. The fraction of sp³-hybridized carbons (Fsp3) is 0.0625. The topological polar surface area (TPSA) is 17.8 Å². The summed E-state index contributed by atoms with van der Waals surface area (Å²) in [5.74, 6) is -0.261. The second kappa shape index (κ2) is 4.69. The number of halogens is 1. The fourth-order valence-corrected chi connectivity index (χ4v) is 2.03. The summed E-state index contributed by atoms with van der Waals surface area (Å²) in [5.41, 5.74) is 3.41. The van der Waals surface area contributed by atoms with Crippen LogP contribution in [-0.4, -0.2) is 9.78 Å². The molecule has 0 aliphatic carbocycles. The van der Waals surface area contributed by atoms with Crippen LogP contribution in [0.2, 0.25) is 0 Å². The third-order valence-electron chi connectivity index (χ3n) is 3.04. The highest BCUT2D eigenvalue weighted by molar-refractivity contribution is 5.62. The molecule has 0 saturated carbocycles. The van der Waals surface area contributed by atoms with Crippen molar-refractivity contribution >= 4 is 0 Å². The zero-order chi connectivity index (χ0) is 13.2. The van der Waals surface area contributed by atoms with Crippen LogP contribution in [0.25, 0.3) is 16.8 Å². The van der Waals surface area contributed by atoms with Crippen LogP contribution < -0.4 is 0 Å². The van der Waals surface area contributed by atoms with Crippen molar-refractivity contribution in [1.29, 1.82) is 0 Å². The molecule has 0 unspecified atom stereocenters. The summed E-state index contributed by atoms with van der Waals surface area (Å²) in [5, 5.41) is 4.23. The van der Waals surface area contributed by atoms with Gasteiger partial charge in [0.1, 0.15) is 11.5 Å². The maximum absolute atomic E-state index is 13.9. The predicted octanol–water partition coefficient (Wildman–Crippen LogP) is 3.99.